The molecule has 0 spiro atoms. The Morgan fingerprint density at radius 1 is 1.35 bits per heavy atom. The van der Waals surface area contributed by atoms with Gasteiger partial charge in [0.15, 0.2) is 5.82 Å². The molecule has 104 valence electrons. The van der Waals surface area contributed by atoms with Gasteiger partial charge < -0.3 is 9.88 Å². The van der Waals surface area contributed by atoms with E-state index in [2.05, 4.69) is 10.3 Å². The van der Waals surface area contributed by atoms with Gasteiger partial charge in [0, 0.05) is 36.6 Å². The first-order valence-electron chi connectivity index (χ1n) is 6.40. The van der Waals surface area contributed by atoms with Crippen LogP contribution in [0.5, 0.6) is 0 Å². The summed E-state index contributed by atoms with van der Waals surface area (Å²) in [5.74, 6) is -1.08. The third kappa shape index (κ3) is 2.54. The molecule has 1 N–H and O–H groups in total. The Bertz CT molecular complexity index is 695. The van der Waals surface area contributed by atoms with Crippen LogP contribution in [0, 0.1) is 11.6 Å². The third-order valence-electron chi connectivity index (χ3n) is 3.27. The summed E-state index contributed by atoms with van der Waals surface area (Å²) in [4.78, 5) is 16.1. The van der Waals surface area contributed by atoms with Crippen molar-refractivity contribution >= 4 is 5.82 Å². The van der Waals surface area contributed by atoms with Gasteiger partial charge >= 0.3 is 0 Å². The van der Waals surface area contributed by atoms with Gasteiger partial charge in [-0.3, -0.25) is 4.79 Å². The highest BCUT2D eigenvalue weighted by molar-refractivity contribution is 5.33. The van der Waals surface area contributed by atoms with E-state index in [-0.39, 0.29) is 29.5 Å². The maximum Gasteiger partial charge on any atom is 0.293 e. The molecule has 0 unspecified atom stereocenters. The van der Waals surface area contributed by atoms with Crippen molar-refractivity contribution in [3.8, 4) is 0 Å². The predicted octanol–water partition coefficient (Wildman–Crippen LogP) is 2.47. The Balaban J connectivity index is 1.78. The lowest BCUT2D eigenvalue weighted by molar-refractivity contribution is 0.574. The van der Waals surface area contributed by atoms with Gasteiger partial charge in [0.05, 0.1) is 0 Å². The molecule has 1 aliphatic carbocycles. The van der Waals surface area contributed by atoms with E-state index < -0.39 is 11.6 Å². The first kappa shape index (κ1) is 12.8. The fraction of sp³-hybridized carbons (Fsp3) is 0.286. The molecule has 4 nitrogen and oxygen atoms in total. The van der Waals surface area contributed by atoms with Gasteiger partial charge in [0.25, 0.3) is 5.56 Å². The van der Waals surface area contributed by atoms with Crippen molar-refractivity contribution < 1.29 is 8.78 Å². The Morgan fingerprint density at radius 3 is 2.85 bits per heavy atom. The molecule has 1 aromatic heterocycles. The fourth-order valence-corrected chi connectivity index (χ4v) is 2.03. The van der Waals surface area contributed by atoms with E-state index in [0.717, 1.165) is 18.9 Å². The molecule has 3 rings (SSSR count). The molecule has 6 heteroatoms. The molecule has 1 saturated carbocycles. The first-order chi connectivity index (χ1) is 9.65. The number of hydrogen-bond donors (Lipinski definition) is 1. The largest absolute Gasteiger partial charge is 0.361 e. The molecule has 0 atom stereocenters. The Labute approximate surface area is 114 Å². The maximum absolute atomic E-state index is 13.5. The van der Waals surface area contributed by atoms with Gasteiger partial charge in [-0.2, -0.15) is 0 Å². The molecule has 1 heterocycles. The second kappa shape index (κ2) is 5.03. The smallest absolute Gasteiger partial charge is 0.293 e. The van der Waals surface area contributed by atoms with Gasteiger partial charge in [-0.25, -0.2) is 13.8 Å². The van der Waals surface area contributed by atoms with Gasteiger partial charge in [-0.15, -0.1) is 0 Å². The number of aromatic nitrogens is 2. The summed E-state index contributed by atoms with van der Waals surface area (Å²) in [7, 11) is 0. The van der Waals surface area contributed by atoms with Gasteiger partial charge in [0.2, 0.25) is 0 Å². The second-order valence-electron chi connectivity index (χ2n) is 4.81. The molecule has 2 aromatic rings. The zero-order valence-electron chi connectivity index (χ0n) is 10.6. The molecule has 20 heavy (non-hydrogen) atoms. The third-order valence-corrected chi connectivity index (χ3v) is 3.27. The van der Waals surface area contributed by atoms with E-state index in [0.29, 0.717) is 0 Å². The quantitative estimate of drug-likeness (QED) is 0.934. The highest BCUT2D eigenvalue weighted by atomic mass is 19.1. The van der Waals surface area contributed by atoms with Gasteiger partial charge in [0.1, 0.15) is 11.6 Å². The number of hydrogen-bond acceptors (Lipinski definition) is 3. The molecular formula is C14H13F2N3O. The monoisotopic (exact) mass is 277 g/mol. The van der Waals surface area contributed by atoms with E-state index in [4.69, 9.17) is 0 Å². The van der Waals surface area contributed by atoms with Crippen LogP contribution in [0.15, 0.2) is 35.4 Å². The van der Waals surface area contributed by atoms with E-state index in [1.54, 1.807) is 17.0 Å². The summed E-state index contributed by atoms with van der Waals surface area (Å²) in [6, 6.07) is 3.60. The number of benzene rings is 1. The SMILES string of the molecule is O=c1c(NCc2ccc(F)cc2F)nccn1C1CC1. The summed E-state index contributed by atoms with van der Waals surface area (Å²) in [6.07, 6.45) is 5.19. The van der Waals surface area contributed by atoms with Crippen molar-refractivity contribution in [1.82, 2.24) is 9.55 Å². The lowest BCUT2D eigenvalue weighted by Crippen LogP contribution is -2.23. The molecule has 0 aliphatic heterocycles. The van der Waals surface area contributed by atoms with Crippen molar-refractivity contribution in [2.75, 3.05) is 5.32 Å². The van der Waals surface area contributed by atoms with Crippen LogP contribution in [0.3, 0.4) is 0 Å². The van der Waals surface area contributed by atoms with Crippen LogP contribution >= 0.6 is 0 Å². The van der Waals surface area contributed by atoms with Crippen LogP contribution in [0.25, 0.3) is 0 Å². The lowest BCUT2D eigenvalue weighted by Gasteiger charge is -2.08. The van der Waals surface area contributed by atoms with Gasteiger partial charge in [-0.05, 0) is 18.9 Å². The number of rotatable bonds is 4. The Hall–Kier alpha value is -2.24. The van der Waals surface area contributed by atoms with Crippen LogP contribution in [-0.4, -0.2) is 9.55 Å². The fourth-order valence-electron chi connectivity index (χ4n) is 2.03. The topological polar surface area (TPSA) is 46.9 Å². The molecular weight excluding hydrogens is 264 g/mol. The maximum atomic E-state index is 13.5. The predicted molar refractivity (Wildman–Crippen MR) is 70.5 cm³/mol. The van der Waals surface area contributed by atoms with Gasteiger partial charge in [-0.1, -0.05) is 6.07 Å². The molecule has 1 fully saturated rings. The van der Waals surface area contributed by atoms with Crippen molar-refractivity contribution in [3.63, 3.8) is 0 Å². The van der Waals surface area contributed by atoms with Crippen molar-refractivity contribution in [1.29, 1.82) is 0 Å². The lowest BCUT2D eigenvalue weighted by atomic mass is 10.2. The van der Waals surface area contributed by atoms with Crippen LogP contribution in [0.4, 0.5) is 14.6 Å². The van der Waals surface area contributed by atoms with E-state index in [1.807, 2.05) is 0 Å². The van der Waals surface area contributed by atoms with Crippen LogP contribution < -0.4 is 10.9 Å². The highest BCUT2D eigenvalue weighted by Crippen LogP contribution is 2.33. The van der Waals surface area contributed by atoms with Crippen LogP contribution in [0.1, 0.15) is 24.4 Å². The Kier molecular flexibility index (Phi) is 3.22. The zero-order valence-corrected chi connectivity index (χ0v) is 10.6. The second-order valence-corrected chi connectivity index (χ2v) is 4.81. The molecule has 0 amide bonds. The van der Waals surface area contributed by atoms with E-state index >= 15 is 0 Å². The van der Waals surface area contributed by atoms with Crippen molar-refractivity contribution in [2.45, 2.75) is 25.4 Å². The first-order valence-corrected chi connectivity index (χ1v) is 6.40. The molecule has 1 aliphatic rings. The zero-order chi connectivity index (χ0) is 14.1. The van der Waals surface area contributed by atoms with Crippen molar-refractivity contribution in [3.05, 3.63) is 58.1 Å². The summed E-state index contributed by atoms with van der Waals surface area (Å²) in [6.45, 7) is 0.0863. The van der Waals surface area contributed by atoms with E-state index in [9.17, 15) is 13.6 Å². The standard InChI is InChI=1S/C14H13F2N3O/c15-10-2-1-9(12(16)7-10)8-18-13-14(20)19(6-5-17-13)11-3-4-11/h1-2,5-7,11H,3-4,8H2,(H,17,18). The average Bonchev–Trinajstić information content (AvgIpc) is 3.24. The molecule has 0 bridgehead atoms. The van der Waals surface area contributed by atoms with Crippen molar-refractivity contribution in [2.24, 2.45) is 0 Å². The average molecular weight is 277 g/mol. The van der Waals surface area contributed by atoms with Crippen LogP contribution in [-0.2, 0) is 6.54 Å². The molecule has 1 aromatic carbocycles. The number of anilines is 1. The summed E-state index contributed by atoms with van der Waals surface area (Å²) in [5, 5.41) is 2.81. The normalized spacial score (nSPS) is 14.3. The minimum Gasteiger partial charge on any atom is -0.361 e. The number of halogens is 2. The highest BCUT2D eigenvalue weighted by Gasteiger charge is 2.25. The number of nitrogens with zero attached hydrogens (tertiary/aromatic N) is 2. The minimum absolute atomic E-state index is 0.0863. The minimum atomic E-state index is -0.643. The molecule has 0 saturated heterocycles. The summed E-state index contributed by atoms with van der Waals surface area (Å²) < 4.78 is 27.9. The summed E-state index contributed by atoms with van der Waals surface area (Å²) in [5.41, 5.74) is 0.0759. The Morgan fingerprint density at radius 2 is 2.15 bits per heavy atom. The van der Waals surface area contributed by atoms with Crippen LogP contribution in [0.2, 0.25) is 0 Å². The summed E-state index contributed by atoms with van der Waals surface area (Å²) >= 11 is 0. The number of nitrogens with one attached hydrogen (secondary N) is 1. The van der Waals surface area contributed by atoms with E-state index in [1.165, 1.54) is 12.1 Å². The molecule has 0 radical (unpaired) electrons.